The molecule has 1 N–H and O–H groups in total. The number of piperidine rings is 1. The Labute approximate surface area is 207 Å². The Bertz CT molecular complexity index is 1160. The van der Waals surface area contributed by atoms with Crippen LogP contribution in [0.3, 0.4) is 0 Å². The highest BCUT2D eigenvalue weighted by Gasteiger charge is 2.43. The number of carbonyl (C=O) groups is 1. The summed E-state index contributed by atoms with van der Waals surface area (Å²) in [6, 6.07) is 7.10. The molecule has 4 heterocycles. The van der Waals surface area contributed by atoms with Gasteiger partial charge in [0, 0.05) is 42.4 Å². The molecule has 3 aromatic rings. The lowest BCUT2D eigenvalue weighted by molar-refractivity contribution is 0.101. The van der Waals surface area contributed by atoms with Gasteiger partial charge in [-0.25, -0.2) is 19.9 Å². The van der Waals surface area contributed by atoms with Crippen molar-refractivity contribution in [3.8, 4) is 0 Å². The summed E-state index contributed by atoms with van der Waals surface area (Å²) in [5, 5.41) is 3.92. The van der Waals surface area contributed by atoms with E-state index in [0.717, 1.165) is 54.9 Å². The first-order valence-electron chi connectivity index (χ1n) is 11.2. The van der Waals surface area contributed by atoms with Crippen molar-refractivity contribution in [1.82, 2.24) is 19.9 Å². The summed E-state index contributed by atoms with van der Waals surface area (Å²) >= 11 is 7.97. The van der Waals surface area contributed by atoms with Crippen LogP contribution in [0.5, 0.6) is 0 Å². The third-order valence-corrected chi connectivity index (χ3v) is 8.19. The van der Waals surface area contributed by atoms with E-state index in [2.05, 4.69) is 37.1 Å². The lowest BCUT2D eigenvalue weighted by atomic mass is 9.72. The number of anilines is 2. The van der Waals surface area contributed by atoms with Gasteiger partial charge in [0.2, 0.25) is 5.82 Å². The van der Waals surface area contributed by atoms with Gasteiger partial charge in [0.1, 0.15) is 10.8 Å². The van der Waals surface area contributed by atoms with Crippen LogP contribution in [-0.2, 0) is 4.74 Å². The summed E-state index contributed by atoms with van der Waals surface area (Å²) in [6.45, 7) is 5.98. The molecule has 2 aliphatic rings. The maximum atomic E-state index is 12.4. The number of hydrogen-bond donors (Lipinski definition) is 1. The number of amides is 1. The fourth-order valence-electron chi connectivity index (χ4n) is 4.50. The van der Waals surface area contributed by atoms with Gasteiger partial charge in [-0.15, -0.1) is 0 Å². The Morgan fingerprint density at radius 3 is 2.62 bits per heavy atom. The highest BCUT2D eigenvalue weighted by molar-refractivity contribution is 7.99. The molecule has 8 nitrogen and oxygen atoms in total. The van der Waals surface area contributed by atoms with Gasteiger partial charge in [-0.2, -0.15) is 0 Å². The van der Waals surface area contributed by atoms with Crippen LogP contribution in [0.15, 0.2) is 59.0 Å². The third kappa shape index (κ3) is 4.73. The number of halogens is 1. The second-order valence-corrected chi connectivity index (χ2v) is 10.2. The van der Waals surface area contributed by atoms with Gasteiger partial charge in [-0.1, -0.05) is 36.4 Å². The van der Waals surface area contributed by atoms with Crippen LogP contribution >= 0.6 is 23.4 Å². The molecule has 10 heteroatoms. The van der Waals surface area contributed by atoms with Crippen LogP contribution in [0.1, 0.15) is 30.4 Å². The average Bonchev–Trinajstić information content (AvgIpc) is 3.22. The maximum Gasteiger partial charge on any atom is 0.293 e. The molecule has 0 saturated carbocycles. The van der Waals surface area contributed by atoms with E-state index in [1.165, 1.54) is 24.2 Å². The average molecular weight is 497 g/mol. The number of aromatic nitrogens is 4. The number of carbonyl (C=O) groups excluding carboxylic acids is 1. The van der Waals surface area contributed by atoms with Gasteiger partial charge < -0.3 is 15.0 Å². The van der Waals surface area contributed by atoms with Crippen molar-refractivity contribution in [3.05, 3.63) is 59.9 Å². The molecule has 1 aromatic carbocycles. The third-order valence-electron chi connectivity index (χ3n) is 6.70. The summed E-state index contributed by atoms with van der Waals surface area (Å²) < 4.78 is 5.74. The van der Waals surface area contributed by atoms with E-state index < -0.39 is 5.91 Å². The molecular formula is C24H25ClN6O2S. The normalized spacial score (nSPS) is 19.4. The number of hydrogen-bond acceptors (Lipinski definition) is 8. The minimum absolute atomic E-state index is 0.0802. The molecule has 2 aliphatic heterocycles. The van der Waals surface area contributed by atoms with E-state index in [4.69, 9.17) is 16.3 Å². The number of ether oxygens (including phenoxy) is 1. The van der Waals surface area contributed by atoms with Crippen LogP contribution in [-0.4, -0.2) is 52.1 Å². The quantitative estimate of drug-likeness (QED) is 0.548. The van der Waals surface area contributed by atoms with Crippen LogP contribution in [0.2, 0.25) is 5.02 Å². The van der Waals surface area contributed by atoms with Crippen LogP contribution in [0, 0.1) is 11.3 Å². The Balaban J connectivity index is 1.23. The molecule has 176 valence electrons. The number of benzene rings is 1. The van der Waals surface area contributed by atoms with Gasteiger partial charge in [-0.3, -0.25) is 4.79 Å². The Kier molecular flexibility index (Phi) is 6.67. The monoisotopic (exact) mass is 496 g/mol. The number of nitrogens with zero attached hydrogens (tertiary/aromatic N) is 5. The van der Waals surface area contributed by atoms with E-state index in [1.807, 2.05) is 18.3 Å². The van der Waals surface area contributed by atoms with E-state index in [0.29, 0.717) is 22.0 Å². The molecule has 2 fully saturated rings. The largest absolute Gasteiger partial charge is 0.381 e. The molecule has 1 spiro atoms. The molecule has 2 aromatic heterocycles. The van der Waals surface area contributed by atoms with Crippen molar-refractivity contribution in [2.75, 3.05) is 36.5 Å². The second-order valence-electron chi connectivity index (χ2n) is 8.72. The summed E-state index contributed by atoms with van der Waals surface area (Å²) in [4.78, 5) is 32.6. The van der Waals surface area contributed by atoms with Crippen molar-refractivity contribution < 1.29 is 9.53 Å². The van der Waals surface area contributed by atoms with Crippen molar-refractivity contribution in [2.45, 2.75) is 29.7 Å². The first-order valence-corrected chi connectivity index (χ1v) is 12.4. The van der Waals surface area contributed by atoms with E-state index in [1.54, 1.807) is 18.3 Å². The van der Waals surface area contributed by atoms with Crippen molar-refractivity contribution >= 4 is 40.8 Å². The lowest BCUT2D eigenvalue weighted by Gasteiger charge is -2.41. The van der Waals surface area contributed by atoms with Crippen LogP contribution < -0.4 is 10.2 Å². The van der Waals surface area contributed by atoms with Gasteiger partial charge in [-0.05, 0) is 37.0 Å². The molecule has 0 unspecified atom stereocenters. The van der Waals surface area contributed by atoms with Crippen molar-refractivity contribution in [2.24, 2.45) is 11.3 Å². The highest BCUT2D eigenvalue weighted by Crippen LogP contribution is 2.44. The van der Waals surface area contributed by atoms with E-state index in [-0.39, 0.29) is 5.82 Å². The van der Waals surface area contributed by atoms with Crippen molar-refractivity contribution in [1.29, 1.82) is 0 Å². The summed E-state index contributed by atoms with van der Waals surface area (Å²) in [7, 11) is 0. The van der Waals surface area contributed by atoms with Crippen LogP contribution in [0.4, 0.5) is 11.5 Å². The van der Waals surface area contributed by atoms with E-state index >= 15 is 0 Å². The first-order chi connectivity index (χ1) is 16.5. The SMILES string of the molecule is C[C@@H]1COCC12CCN(c1cnc(Sc3cccc(NC(=O)c4ncccn4)c3Cl)cn1)CC2. The zero-order chi connectivity index (χ0) is 23.5. The molecule has 5 rings (SSSR count). The molecule has 34 heavy (non-hydrogen) atoms. The molecule has 1 atom stereocenters. The molecule has 0 radical (unpaired) electrons. The second kappa shape index (κ2) is 9.85. The topological polar surface area (TPSA) is 93.1 Å². The van der Waals surface area contributed by atoms with Gasteiger partial charge in [0.15, 0.2) is 0 Å². The molecule has 0 bridgehead atoms. The van der Waals surface area contributed by atoms with Gasteiger partial charge >= 0.3 is 0 Å². The van der Waals surface area contributed by atoms with E-state index in [9.17, 15) is 4.79 Å². The lowest BCUT2D eigenvalue weighted by Crippen LogP contribution is -2.43. The molecule has 2 saturated heterocycles. The Hall–Kier alpha value is -2.75. The number of rotatable bonds is 5. The summed E-state index contributed by atoms with van der Waals surface area (Å²) in [5.41, 5.74) is 0.810. The zero-order valence-corrected chi connectivity index (χ0v) is 20.3. The highest BCUT2D eigenvalue weighted by atomic mass is 35.5. The summed E-state index contributed by atoms with van der Waals surface area (Å²) in [5.74, 6) is 1.16. The molecule has 0 aliphatic carbocycles. The predicted molar refractivity (Wildman–Crippen MR) is 131 cm³/mol. The zero-order valence-electron chi connectivity index (χ0n) is 18.8. The standard InChI is InChI=1S/C24H25ClN6O2S/c1-16-14-33-15-24(16)6-10-31(11-7-24)19-12-29-20(13-28-19)34-18-5-2-4-17(21(18)25)30-23(32)22-26-8-3-9-27-22/h2-5,8-9,12-13,16H,6-7,10-11,14-15H2,1H3,(H,30,32)/t16-/m1/s1. The van der Waals surface area contributed by atoms with Gasteiger partial charge in [0.25, 0.3) is 5.91 Å². The minimum atomic E-state index is -0.421. The molecular weight excluding hydrogens is 472 g/mol. The number of nitrogens with one attached hydrogen (secondary N) is 1. The minimum Gasteiger partial charge on any atom is -0.381 e. The Morgan fingerprint density at radius 1 is 1.15 bits per heavy atom. The summed E-state index contributed by atoms with van der Waals surface area (Å²) in [6.07, 6.45) is 8.86. The maximum absolute atomic E-state index is 12.4. The predicted octanol–water partition coefficient (Wildman–Crippen LogP) is 4.58. The van der Waals surface area contributed by atoms with Gasteiger partial charge in [0.05, 0.1) is 29.7 Å². The Morgan fingerprint density at radius 2 is 1.94 bits per heavy atom. The molecule has 1 amide bonds. The first kappa shape index (κ1) is 23.0. The fraction of sp³-hybridized carbons (Fsp3) is 0.375. The van der Waals surface area contributed by atoms with Crippen LogP contribution in [0.25, 0.3) is 0 Å². The van der Waals surface area contributed by atoms with Crippen molar-refractivity contribution in [3.63, 3.8) is 0 Å². The fourth-order valence-corrected chi connectivity index (χ4v) is 5.57. The smallest absolute Gasteiger partial charge is 0.293 e.